The predicted molar refractivity (Wildman–Crippen MR) is 116 cm³/mol. The number of nitrogens with one attached hydrogen (secondary N) is 2. The van der Waals surface area contributed by atoms with Gasteiger partial charge in [0.25, 0.3) is 5.91 Å². The molecule has 0 unspecified atom stereocenters. The van der Waals surface area contributed by atoms with Crippen molar-refractivity contribution in [3.05, 3.63) is 76.7 Å². The number of aromatic nitrogens is 3. The van der Waals surface area contributed by atoms with Crippen LogP contribution in [-0.4, -0.2) is 26.3 Å². The minimum atomic E-state index is -0.665. The number of carbonyl (C=O) groups is 2. The van der Waals surface area contributed by atoms with Gasteiger partial charge in [-0.3, -0.25) is 14.5 Å². The van der Waals surface area contributed by atoms with Gasteiger partial charge in [-0.05, 0) is 42.7 Å². The van der Waals surface area contributed by atoms with E-state index in [1.807, 2.05) is 13.0 Å². The number of rotatable bonds is 3. The second-order valence-electron chi connectivity index (χ2n) is 6.32. The number of carbonyl (C=O) groups excluding carboxylic acids is 2. The third-order valence-electron chi connectivity index (χ3n) is 4.27. The van der Waals surface area contributed by atoms with E-state index in [1.54, 1.807) is 52.6 Å². The summed E-state index contributed by atoms with van der Waals surface area (Å²) in [6.45, 7) is 1.93. The Hall–Kier alpha value is -4.16. The summed E-state index contributed by atoms with van der Waals surface area (Å²) in [5.74, 6) is 5.94. The van der Waals surface area contributed by atoms with Crippen molar-refractivity contribution in [2.75, 3.05) is 10.6 Å². The lowest BCUT2D eigenvalue weighted by molar-refractivity contribution is 0.102. The van der Waals surface area contributed by atoms with Gasteiger partial charge in [0.15, 0.2) is 10.8 Å². The molecule has 30 heavy (non-hydrogen) atoms. The lowest BCUT2D eigenvalue weighted by Crippen LogP contribution is -2.19. The van der Waals surface area contributed by atoms with Gasteiger partial charge in [-0.15, -0.1) is 11.3 Å². The first-order chi connectivity index (χ1) is 14.5. The third-order valence-corrected chi connectivity index (χ3v) is 4.96. The van der Waals surface area contributed by atoms with Crippen LogP contribution in [0.1, 0.15) is 27.2 Å². The number of primary amides is 1. The van der Waals surface area contributed by atoms with Crippen LogP contribution >= 0.6 is 11.3 Å². The van der Waals surface area contributed by atoms with Gasteiger partial charge >= 0.3 is 6.03 Å². The van der Waals surface area contributed by atoms with Crippen molar-refractivity contribution in [3.8, 4) is 11.8 Å². The first-order valence-corrected chi connectivity index (χ1v) is 9.75. The van der Waals surface area contributed by atoms with Crippen LogP contribution in [0.3, 0.4) is 0 Å². The van der Waals surface area contributed by atoms with Crippen molar-refractivity contribution < 1.29 is 9.59 Å². The highest BCUT2D eigenvalue weighted by atomic mass is 32.1. The maximum Gasteiger partial charge on any atom is 0.316 e. The smallest absolute Gasteiger partial charge is 0.316 e. The number of nitrogens with two attached hydrogens (primary N) is 1. The van der Waals surface area contributed by atoms with Crippen molar-refractivity contribution in [3.63, 3.8) is 0 Å². The highest BCUT2D eigenvalue weighted by Gasteiger charge is 2.10. The molecule has 0 spiro atoms. The van der Waals surface area contributed by atoms with Gasteiger partial charge in [-0.2, -0.15) is 0 Å². The topological polar surface area (TPSA) is 114 Å². The van der Waals surface area contributed by atoms with Crippen LogP contribution in [0.2, 0.25) is 0 Å². The lowest BCUT2D eigenvalue weighted by atomic mass is 10.0. The molecule has 0 radical (unpaired) electrons. The fraction of sp³-hybridized carbons (Fsp3) is 0.0476. The maximum absolute atomic E-state index is 12.5. The predicted octanol–water partition coefficient (Wildman–Crippen LogP) is 3.24. The molecular weight excluding hydrogens is 400 g/mol. The molecule has 0 aliphatic rings. The fourth-order valence-electron chi connectivity index (χ4n) is 2.82. The number of urea groups is 1. The van der Waals surface area contributed by atoms with Crippen LogP contribution in [0.5, 0.6) is 0 Å². The summed E-state index contributed by atoms with van der Waals surface area (Å²) in [4.78, 5) is 32.0. The summed E-state index contributed by atoms with van der Waals surface area (Å²) in [5, 5.41) is 7.64. The first kappa shape index (κ1) is 19.2. The number of hydrogen-bond donors (Lipinski definition) is 3. The van der Waals surface area contributed by atoms with Crippen LogP contribution in [0.15, 0.2) is 54.3 Å². The van der Waals surface area contributed by atoms with E-state index in [4.69, 9.17) is 5.73 Å². The molecule has 0 atom stereocenters. The highest BCUT2D eigenvalue weighted by Crippen LogP contribution is 2.18. The number of pyridine rings is 1. The van der Waals surface area contributed by atoms with Gasteiger partial charge in [0.05, 0.1) is 11.9 Å². The Labute approximate surface area is 175 Å². The molecule has 1 aromatic carbocycles. The summed E-state index contributed by atoms with van der Waals surface area (Å²) in [7, 11) is 0. The number of aryl methyl sites for hydroxylation is 1. The molecule has 9 heteroatoms. The molecule has 3 aromatic heterocycles. The molecule has 0 aliphatic heterocycles. The third kappa shape index (κ3) is 3.99. The second kappa shape index (κ2) is 8.06. The summed E-state index contributed by atoms with van der Waals surface area (Å²) in [5.41, 5.74) is 9.03. The normalized spacial score (nSPS) is 10.3. The Morgan fingerprint density at radius 3 is 2.80 bits per heavy atom. The fourth-order valence-corrected chi connectivity index (χ4v) is 3.34. The highest BCUT2D eigenvalue weighted by molar-refractivity contribution is 7.13. The number of fused-ring (bicyclic) bond motifs is 1. The Morgan fingerprint density at radius 2 is 2.03 bits per heavy atom. The Balaban J connectivity index is 1.64. The minimum Gasteiger partial charge on any atom is -0.351 e. The molecule has 148 valence electrons. The number of anilines is 2. The summed E-state index contributed by atoms with van der Waals surface area (Å²) in [6, 6.07) is 8.15. The largest absolute Gasteiger partial charge is 0.351 e. The second-order valence-corrected chi connectivity index (χ2v) is 7.21. The van der Waals surface area contributed by atoms with Gasteiger partial charge in [0.2, 0.25) is 0 Å². The average molecular weight is 416 g/mol. The van der Waals surface area contributed by atoms with E-state index in [9.17, 15) is 9.59 Å². The Morgan fingerprint density at radius 1 is 1.17 bits per heavy atom. The van der Waals surface area contributed by atoms with Crippen LogP contribution in [-0.2, 0) is 0 Å². The summed E-state index contributed by atoms with van der Waals surface area (Å²) >= 11 is 1.35. The molecule has 3 heterocycles. The van der Waals surface area contributed by atoms with Crippen LogP contribution in [0, 0.1) is 18.8 Å². The number of thiazole rings is 1. The number of imidazole rings is 1. The van der Waals surface area contributed by atoms with E-state index < -0.39 is 6.03 Å². The quantitative estimate of drug-likeness (QED) is 0.445. The van der Waals surface area contributed by atoms with Crippen molar-refractivity contribution in [1.29, 1.82) is 0 Å². The van der Waals surface area contributed by atoms with Crippen molar-refractivity contribution in [1.82, 2.24) is 14.4 Å². The van der Waals surface area contributed by atoms with Gasteiger partial charge < -0.3 is 11.1 Å². The van der Waals surface area contributed by atoms with Gasteiger partial charge in [-0.25, -0.2) is 14.8 Å². The van der Waals surface area contributed by atoms with E-state index in [2.05, 4.69) is 32.4 Å². The standard InChI is InChI=1S/C21H16N6O2S/c1-13-4-5-15(19(28)26-21-23-8-10-30-21)11-14(13)6-7-16-12-24-18-17(25-20(22)29)3-2-9-27(16)18/h2-5,8-12H,1H3,(H3,22,25,29)(H,23,26,28). The molecular formula is C21H16N6O2S. The first-order valence-electron chi connectivity index (χ1n) is 8.87. The van der Waals surface area contributed by atoms with E-state index in [0.29, 0.717) is 27.7 Å². The number of hydrogen-bond acceptors (Lipinski definition) is 5. The lowest BCUT2D eigenvalue weighted by Gasteiger charge is -2.05. The zero-order valence-electron chi connectivity index (χ0n) is 15.8. The zero-order valence-corrected chi connectivity index (χ0v) is 16.7. The Bertz CT molecular complexity index is 1310. The van der Waals surface area contributed by atoms with Crippen molar-refractivity contribution in [2.24, 2.45) is 5.73 Å². The SMILES string of the molecule is Cc1ccc(C(=O)Nc2nccs2)cc1C#Cc1cnc2c(NC(N)=O)cccn12. The minimum absolute atomic E-state index is 0.245. The summed E-state index contributed by atoms with van der Waals surface area (Å²) < 4.78 is 1.76. The number of amides is 3. The van der Waals surface area contributed by atoms with Crippen LogP contribution in [0.25, 0.3) is 5.65 Å². The van der Waals surface area contributed by atoms with Crippen LogP contribution < -0.4 is 16.4 Å². The van der Waals surface area contributed by atoms with E-state index in [0.717, 1.165) is 11.1 Å². The van der Waals surface area contributed by atoms with E-state index >= 15 is 0 Å². The molecule has 4 rings (SSSR count). The average Bonchev–Trinajstić information content (AvgIpc) is 3.37. The zero-order chi connectivity index (χ0) is 21.1. The van der Waals surface area contributed by atoms with Crippen LogP contribution in [0.4, 0.5) is 15.6 Å². The summed E-state index contributed by atoms with van der Waals surface area (Å²) in [6.07, 6.45) is 5.04. The molecule has 0 saturated heterocycles. The molecule has 0 aliphatic carbocycles. The molecule has 0 bridgehead atoms. The molecule has 0 saturated carbocycles. The van der Waals surface area contributed by atoms with Crippen molar-refractivity contribution in [2.45, 2.75) is 6.92 Å². The van der Waals surface area contributed by atoms with Gasteiger partial charge in [0, 0.05) is 28.9 Å². The molecule has 3 amide bonds. The van der Waals surface area contributed by atoms with Gasteiger partial charge in [0.1, 0.15) is 5.69 Å². The van der Waals surface area contributed by atoms with E-state index in [1.165, 1.54) is 11.3 Å². The Kier molecular flexibility index (Phi) is 5.15. The maximum atomic E-state index is 12.5. The molecule has 0 fully saturated rings. The van der Waals surface area contributed by atoms with Gasteiger partial charge in [-0.1, -0.05) is 12.0 Å². The number of nitrogens with zero attached hydrogens (tertiary/aromatic N) is 3. The molecule has 8 nitrogen and oxygen atoms in total. The number of benzene rings is 1. The molecule has 4 aromatic rings. The monoisotopic (exact) mass is 416 g/mol. The van der Waals surface area contributed by atoms with Crippen molar-refractivity contribution >= 4 is 39.7 Å². The molecule has 4 N–H and O–H groups in total. The van der Waals surface area contributed by atoms with E-state index in [-0.39, 0.29) is 5.91 Å².